The van der Waals surface area contributed by atoms with Gasteiger partial charge in [-0.3, -0.25) is 14.4 Å². The van der Waals surface area contributed by atoms with Crippen LogP contribution in [0.25, 0.3) is 0 Å². The number of carbonyl (C=O) groups excluding carboxylic acids is 3. The number of hydrogen-bond donors (Lipinski definition) is 2. The Balaban J connectivity index is 1.05. The van der Waals surface area contributed by atoms with E-state index in [9.17, 15) is 14.4 Å². The van der Waals surface area contributed by atoms with Crippen LogP contribution in [0, 0.1) is 29.1 Å². The normalized spacial score (nSPS) is 32.1. The molecule has 1 saturated heterocycles. The van der Waals surface area contributed by atoms with Gasteiger partial charge in [0.05, 0.1) is 6.54 Å². The molecule has 5 aliphatic rings. The number of rotatable bonds is 6. The standard InChI is InChI=1S/C22H31N5O3S/c28-18(11-22-8-14-5-15(9-22)7-16(6-14)10-22)23-12-19(29)27-3-1-17(2-4-27)20(30)25-21-26-24-13-31-21/h13-17H,1-12H2,(H,23,28)(H,25,26,30). The van der Waals surface area contributed by atoms with Crippen molar-refractivity contribution in [2.45, 2.75) is 57.8 Å². The average Bonchev–Trinajstić information content (AvgIpc) is 3.24. The van der Waals surface area contributed by atoms with Crippen LogP contribution in [0.3, 0.4) is 0 Å². The fraction of sp³-hybridized carbons (Fsp3) is 0.773. The SMILES string of the molecule is O=C(CC12CC3CC(CC(C3)C1)C2)NCC(=O)N1CCC(C(=O)Nc2nncs2)CC1. The molecule has 5 fully saturated rings. The Kier molecular flexibility index (Phi) is 5.71. The van der Waals surface area contributed by atoms with Gasteiger partial charge in [-0.1, -0.05) is 11.3 Å². The quantitative estimate of drug-likeness (QED) is 0.700. The zero-order valence-corrected chi connectivity index (χ0v) is 18.7. The third-order valence-electron chi connectivity index (χ3n) is 7.95. The summed E-state index contributed by atoms with van der Waals surface area (Å²) in [5, 5.41) is 13.7. The largest absolute Gasteiger partial charge is 0.347 e. The summed E-state index contributed by atoms with van der Waals surface area (Å²) in [6, 6.07) is 0. The molecule has 0 atom stereocenters. The molecule has 3 amide bonds. The lowest BCUT2D eigenvalue weighted by Gasteiger charge is -2.56. The molecular formula is C22H31N5O3S. The number of nitrogens with one attached hydrogen (secondary N) is 2. The second kappa shape index (κ2) is 8.48. The fourth-order valence-electron chi connectivity index (χ4n) is 7.02. The maximum atomic E-state index is 12.7. The maximum Gasteiger partial charge on any atom is 0.241 e. The Morgan fingerprint density at radius 3 is 2.29 bits per heavy atom. The van der Waals surface area contributed by atoms with Crippen LogP contribution in [0.5, 0.6) is 0 Å². The molecule has 4 bridgehead atoms. The van der Waals surface area contributed by atoms with E-state index in [0.717, 1.165) is 17.8 Å². The van der Waals surface area contributed by atoms with E-state index in [-0.39, 0.29) is 35.6 Å². The van der Waals surface area contributed by atoms with E-state index in [2.05, 4.69) is 20.8 Å². The maximum absolute atomic E-state index is 12.7. The molecule has 1 aromatic rings. The predicted molar refractivity (Wildman–Crippen MR) is 116 cm³/mol. The molecule has 4 aliphatic carbocycles. The first-order chi connectivity index (χ1) is 15.0. The van der Waals surface area contributed by atoms with Crippen molar-refractivity contribution >= 4 is 34.2 Å². The van der Waals surface area contributed by atoms with Crippen LogP contribution in [-0.2, 0) is 14.4 Å². The van der Waals surface area contributed by atoms with Crippen molar-refractivity contribution in [1.82, 2.24) is 20.4 Å². The molecule has 9 heteroatoms. The van der Waals surface area contributed by atoms with Gasteiger partial charge in [-0.2, -0.15) is 0 Å². The number of anilines is 1. The Hall–Kier alpha value is -2.03. The Morgan fingerprint density at radius 1 is 1.06 bits per heavy atom. The fourth-order valence-corrected chi connectivity index (χ4v) is 7.47. The molecule has 2 heterocycles. The van der Waals surface area contributed by atoms with Crippen molar-refractivity contribution in [3.05, 3.63) is 5.51 Å². The topological polar surface area (TPSA) is 104 Å². The summed E-state index contributed by atoms with van der Waals surface area (Å²) in [7, 11) is 0. The molecule has 1 aliphatic heterocycles. The Bertz CT molecular complexity index is 799. The number of carbonyl (C=O) groups is 3. The summed E-state index contributed by atoms with van der Waals surface area (Å²) >= 11 is 1.29. The van der Waals surface area contributed by atoms with Crippen molar-refractivity contribution in [3.63, 3.8) is 0 Å². The molecule has 4 saturated carbocycles. The van der Waals surface area contributed by atoms with Gasteiger partial charge in [-0.15, -0.1) is 10.2 Å². The average molecular weight is 446 g/mol. The Morgan fingerprint density at radius 2 is 1.71 bits per heavy atom. The number of nitrogens with zero attached hydrogens (tertiary/aromatic N) is 3. The molecule has 8 nitrogen and oxygen atoms in total. The summed E-state index contributed by atoms with van der Waals surface area (Å²) in [4.78, 5) is 39.3. The first kappa shape index (κ1) is 20.8. The summed E-state index contributed by atoms with van der Waals surface area (Å²) in [5.41, 5.74) is 1.77. The van der Waals surface area contributed by atoms with Crippen molar-refractivity contribution < 1.29 is 14.4 Å². The second-order valence-corrected chi connectivity index (χ2v) is 11.1. The van der Waals surface area contributed by atoms with Crippen LogP contribution in [-0.4, -0.2) is 52.5 Å². The first-order valence-electron chi connectivity index (χ1n) is 11.6. The third kappa shape index (κ3) is 4.61. The highest BCUT2D eigenvalue weighted by atomic mass is 32.1. The van der Waals surface area contributed by atoms with E-state index >= 15 is 0 Å². The smallest absolute Gasteiger partial charge is 0.241 e. The summed E-state index contributed by atoms with van der Waals surface area (Å²) in [6.07, 6.45) is 9.54. The number of likely N-dealkylation sites (tertiary alicyclic amines) is 1. The van der Waals surface area contributed by atoms with Gasteiger partial charge in [0.15, 0.2) is 0 Å². The molecule has 2 N–H and O–H groups in total. The highest BCUT2D eigenvalue weighted by Gasteiger charge is 2.51. The number of aromatic nitrogens is 2. The lowest BCUT2D eigenvalue weighted by atomic mass is 9.49. The number of amides is 3. The van der Waals surface area contributed by atoms with Crippen molar-refractivity contribution in [1.29, 1.82) is 0 Å². The van der Waals surface area contributed by atoms with E-state index in [1.54, 1.807) is 10.4 Å². The lowest BCUT2D eigenvalue weighted by molar-refractivity contribution is -0.137. The van der Waals surface area contributed by atoms with Gasteiger partial charge in [0.25, 0.3) is 0 Å². The van der Waals surface area contributed by atoms with Gasteiger partial charge < -0.3 is 15.5 Å². The van der Waals surface area contributed by atoms with Gasteiger partial charge in [-0.05, 0) is 74.5 Å². The molecule has 0 aromatic carbocycles. The molecule has 168 valence electrons. The van der Waals surface area contributed by atoms with Crippen LogP contribution in [0.15, 0.2) is 5.51 Å². The highest BCUT2D eigenvalue weighted by molar-refractivity contribution is 7.13. The predicted octanol–water partition coefficient (Wildman–Crippen LogP) is 2.44. The molecule has 0 spiro atoms. The van der Waals surface area contributed by atoms with Crippen molar-refractivity contribution in [2.24, 2.45) is 29.1 Å². The molecule has 0 unspecified atom stereocenters. The zero-order chi connectivity index (χ0) is 21.4. The van der Waals surface area contributed by atoms with E-state index in [1.807, 2.05) is 0 Å². The molecule has 6 rings (SSSR count). The molecular weight excluding hydrogens is 414 g/mol. The number of hydrogen-bond acceptors (Lipinski definition) is 6. The summed E-state index contributed by atoms with van der Waals surface area (Å²) in [5.74, 6) is 2.26. The van der Waals surface area contributed by atoms with Crippen LogP contribution in [0.2, 0.25) is 0 Å². The minimum atomic E-state index is -0.126. The van der Waals surface area contributed by atoms with Crippen LogP contribution in [0.4, 0.5) is 5.13 Å². The monoisotopic (exact) mass is 445 g/mol. The minimum Gasteiger partial charge on any atom is -0.347 e. The molecule has 1 aromatic heterocycles. The number of piperidine rings is 1. The van der Waals surface area contributed by atoms with Crippen LogP contribution < -0.4 is 10.6 Å². The third-order valence-corrected chi connectivity index (χ3v) is 8.55. The van der Waals surface area contributed by atoms with Crippen molar-refractivity contribution in [3.8, 4) is 0 Å². The summed E-state index contributed by atoms with van der Waals surface area (Å²) in [6.45, 7) is 1.14. The van der Waals surface area contributed by atoms with E-state index < -0.39 is 0 Å². The lowest BCUT2D eigenvalue weighted by Crippen LogP contribution is -2.49. The molecule has 0 radical (unpaired) electrons. The van der Waals surface area contributed by atoms with Gasteiger partial charge in [0.2, 0.25) is 22.9 Å². The Labute approximate surface area is 186 Å². The van der Waals surface area contributed by atoms with E-state index in [0.29, 0.717) is 37.5 Å². The van der Waals surface area contributed by atoms with Gasteiger partial charge in [-0.25, -0.2) is 0 Å². The van der Waals surface area contributed by atoms with Crippen LogP contribution >= 0.6 is 11.3 Å². The van der Waals surface area contributed by atoms with Crippen molar-refractivity contribution in [2.75, 3.05) is 25.0 Å². The van der Waals surface area contributed by atoms with Crippen LogP contribution in [0.1, 0.15) is 57.8 Å². The second-order valence-electron chi connectivity index (χ2n) is 10.3. The van der Waals surface area contributed by atoms with Gasteiger partial charge >= 0.3 is 0 Å². The summed E-state index contributed by atoms with van der Waals surface area (Å²) < 4.78 is 0. The van der Waals surface area contributed by atoms with E-state index in [1.165, 1.54) is 49.9 Å². The first-order valence-corrected chi connectivity index (χ1v) is 12.5. The van der Waals surface area contributed by atoms with E-state index in [4.69, 9.17) is 0 Å². The highest BCUT2D eigenvalue weighted by Crippen LogP contribution is 2.61. The van der Waals surface area contributed by atoms with Gasteiger partial charge in [0.1, 0.15) is 5.51 Å². The van der Waals surface area contributed by atoms with Gasteiger partial charge in [0, 0.05) is 25.4 Å². The molecule has 31 heavy (non-hydrogen) atoms. The minimum absolute atomic E-state index is 0.0293. The zero-order valence-electron chi connectivity index (χ0n) is 17.8.